The highest BCUT2D eigenvalue weighted by molar-refractivity contribution is 7.89. The Morgan fingerprint density at radius 3 is 2.50 bits per heavy atom. The van der Waals surface area contributed by atoms with Gasteiger partial charge in [0.25, 0.3) is 0 Å². The highest BCUT2D eigenvalue weighted by Gasteiger charge is 2.29. The van der Waals surface area contributed by atoms with Crippen molar-refractivity contribution in [1.82, 2.24) is 19.3 Å². The topological polar surface area (TPSA) is 97.2 Å². The van der Waals surface area contributed by atoms with Crippen molar-refractivity contribution in [3.05, 3.63) is 78.5 Å². The molecule has 10 heteroatoms. The standard InChI is InChI=1S/C30H34FN5O3S/c1-20(23-11-14-25(27(31)17-23)22-7-5-4-6-8-22)30(37)36-16-15-26-28(33-19-34-29(26)36)35(3)24-12-9-21(10-13-24)18-40(38,39)32-2/h4-8,11,14-17,19-21,24,32H,9-10,12-13,18H2,1-3H3/t20?,21-,24-. The normalized spacial score (nSPS) is 18.5. The zero-order valence-electron chi connectivity index (χ0n) is 22.9. The zero-order valence-corrected chi connectivity index (χ0v) is 23.7. The summed E-state index contributed by atoms with van der Waals surface area (Å²) >= 11 is 0. The average molecular weight is 564 g/mol. The first-order valence-electron chi connectivity index (χ1n) is 13.5. The first-order valence-corrected chi connectivity index (χ1v) is 15.2. The summed E-state index contributed by atoms with van der Waals surface area (Å²) in [7, 11) is 0.205. The summed E-state index contributed by atoms with van der Waals surface area (Å²) < 4.78 is 42.8. The molecule has 1 aliphatic carbocycles. The molecule has 5 rings (SSSR count). The van der Waals surface area contributed by atoms with E-state index in [-0.39, 0.29) is 29.4 Å². The van der Waals surface area contributed by atoms with Gasteiger partial charge < -0.3 is 4.90 Å². The lowest BCUT2D eigenvalue weighted by atomic mass is 9.86. The molecule has 40 heavy (non-hydrogen) atoms. The van der Waals surface area contributed by atoms with Crippen LogP contribution in [0, 0.1) is 11.7 Å². The van der Waals surface area contributed by atoms with Crippen LogP contribution in [0.25, 0.3) is 22.2 Å². The van der Waals surface area contributed by atoms with Gasteiger partial charge in [-0.1, -0.05) is 42.5 Å². The first kappa shape index (κ1) is 27.9. The summed E-state index contributed by atoms with van der Waals surface area (Å²) in [6.07, 6.45) is 6.51. The molecule has 0 saturated heterocycles. The smallest absolute Gasteiger partial charge is 0.239 e. The Morgan fingerprint density at radius 2 is 1.82 bits per heavy atom. The van der Waals surface area contributed by atoms with E-state index in [9.17, 15) is 13.2 Å². The first-order chi connectivity index (χ1) is 19.2. The van der Waals surface area contributed by atoms with Gasteiger partial charge in [-0.3, -0.25) is 9.36 Å². The predicted octanol–water partition coefficient (Wildman–Crippen LogP) is 5.23. The average Bonchev–Trinajstić information content (AvgIpc) is 3.41. The maximum absolute atomic E-state index is 15.0. The lowest BCUT2D eigenvalue weighted by Gasteiger charge is -2.35. The van der Waals surface area contributed by atoms with Gasteiger partial charge in [0.2, 0.25) is 15.9 Å². The van der Waals surface area contributed by atoms with E-state index in [1.165, 1.54) is 24.0 Å². The van der Waals surface area contributed by atoms with Gasteiger partial charge >= 0.3 is 0 Å². The van der Waals surface area contributed by atoms with Crippen LogP contribution in [0.15, 0.2) is 67.1 Å². The Labute approximate surface area is 234 Å². The van der Waals surface area contributed by atoms with Crippen LogP contribution in [0.2, 0.25) is 0 Å². The fraction of sp³-hybridized carbons (Fsp3) is 0.367. The molecule has 2 heterocycles. The van der Waals surface area contributed by atoms with Crippen molar-refractivity contribution in [3.8, 4) is 11.1 Å². The third-order valence-electron chi connectivity index (χ3n) is 8.11. The summed E-state index contributed by atoms with van der Waals surface area (Å²) in [4.78, 5) is 24.6. The molecule has 1 atom stereocenters. The van der Waals surface area contributed by atoms with Gasteiger partial charge in [-0.05, 0) is 68.8 Å². The van der Waals surface area contributed by atoms with Crippen LogP contribution < -0.4 is 9.62 Å². The molecule has 0 bridgehead atoms. The summed E-state index contributed by atoms with van der Waals surface area (Å²) in [6.45, 7) is 1.77. The zero-order chi connectivity index (χ0) is 28.4. The molecule has 0 spiro atoms. The van der Waals surface area contributed by atoms with Crippen molar-refractivity contribution in [1.29, 1.82) is 0 Å². The molecule has 0 amide bonds. The molecule has 4 aromatic rings. The van der Waals surface area contributed by atoms with Crippen LogP contribution in [-0.4, -0.2) is 54.8 Å². The summed E-state index contributed by atoms with van der Waals surface area (Å²) in [5.74, 6) is -0.145. The fourth-order valence-electron chi connectivity index (χ4n) is 5.67. The van der Waals surface area contributed by atoms with Gasteiger partial charge in [0.15, 0.2) is 5.65 Å². The SMILES string of the molecule is CNS(=O)(=O)C[C@H]1CC[C@H](N(C)c2ncnc3c2ccn3C(=O)C(C)c2ccc(-c3ccccc3)c(F)c2)CC1. The maximum atomic E-state index is 15.0. The van der Waals surface area contributed by atoms with Gasteiger partial charge in [0.05, 0.1) is 17.1 Å². The number of sulfonamides is 1. The Morgan fingerprint density at radius 1 is 1.10 bits per heavy atom. The minimum absolute atomic E-state index is 0.138. The Kier molecular flexibility index (Phi) is 8.00. The van der Waals surface area contributed by atoms with E-state index >= 15 is 4.39 Å². The fourth-order valence-corrected chi connectivity index (χ4v) is 6.79. The van der Waals surface area contributed by atoms with E-state index in [0.29, 0.717) is 16.8 Å². The molecular formula is C30H34FN5O3S. The number of nitrogens with zero attached hydrogens (tertiary/aromatic N) is 4. The molecule has 0 aliphatic heterocycles. The number of anilines is 1. The van der Waals surface area contributed by atoms with Gasteiger partial charge in [-0.25, -0.2) is 27.5 Å². The third-order valence-corrected chi connectivity index (χ3v) is 9.64. The maximum Gasteiger partial charge on any atom is 0.239 e. The van der Waals surface area contributed by atoms with Crippen LogP contribution in [0.1, 0.15) is 48.9 Å². The van der Waals surface area contributed by atoms with Crippen LogP contribution in [-0.2, 0) is 10.0 Å². The van der Waals surface area contributed by atoms with Crippen molar-refractivity contribution in [2.75, 3.05) is 24.7 Å². The number of hydrogen-bond acceptors (Lipinski definition) is 6. The lowest BCUT2D eigenvalue weighted by Crippen LogP contribution is -2.38. The van der Waals surface area contributed by atoms with E-state index in [2.05, 4.69) is 19.6 Å². The molecule has 1 unspecified atom stereocenters. The molecular weight excluding hydrogens is 529 g/mol. The predicted molar refractivity (Wildman–Crippen MR) is 155 cm³/mol. The molecule has 1 saturated carbocycles. The van der Waals surface area contributed by atoms with Gasteiger partial charge in [0, 0.05) is 24.8 Å². The summed E-state index contributed by atoms with van der Waals surface area (Å²) in [5, 5.41) is 0.760. The van der Waals surface area contributed by atoms with Crippen molar-refractivity contribution in [2.24, 2.45) is 5.92 Å². The molecule has 2 aromatic carbocycles. The van der Waals surface area contributed by atoms with Gasteiger partial charge in [0.1, 0.15) is 18.0 Å². The molecule has 1 aliphatic rings. The highest BCUT2D eigenvalue weighted by atomic mass is 32.2. The minimum Gasteiger partial charge on any atom is -0.356 e. The van der Waals surface area contributed by atoms with Crippen molar-refractivity contribution >= 4 is 32.8 Å². The van der Waals surface area contributed by atoms with E-state index in [4.69, 9.17) is 0 Å². The molecule has 2 aromatic heterocycles. The molecule has 0 radical (unpaired) electrons. The van der Waals surface area contributed by atoms with Crippen molar-refractivity contribution < 1.29 is 17.6 Å². The van der Waals surface area contributed by atoms with E-state index < -0.39 is 15.9 Å². The number of halogens is 1. The Bertz CT molecular complexity index is 1620. The monoisotopic (exact) mass is 563 g/mol. The van der Waals surface area contributed by atoms with Crippen molar-refractivity contribution in [3.63, 3.8) is 0 Å². The largest absolute Gasteiger partial charge is 0.356 e. The number of fused-ring (bicyclic) bond motifs is 1. The number of rotatable bonds is 8. The highest BCUT2D eigenvalue weighted by Crippen LogP contribution is 2.33. The van der Waals surface area contributed by atoms with E-state index in [1.54, 1.807) is 25.3 Å². The number of benzene rings is 2. The number of hydrogen-bond donors (Lipinski definition) is 1. The second kappa shape index (κ2) is 11.5. The molecule has 1 fully saturated rings. The Hall–Kier alpha value is -3.63. The quantitative estimate of drug-likeness (QED) is 0.316. The third kappa shape index (κ3) is 5.64. The van der Waals surface area contributed by atoms with Crippen LogP contribution in [0.5, 0.6) is 0 Å². The number of nitrogens with one attached hydrogen (secondary N) is 1. The van der Waals surface area contributed by atoms with E-state index in [1.807, 2.05) is 43.4 Å². The number of aromatic nitrogens is 3. The second-order valence-electron chi connectivity index (χ2n) is 10.6. The van der Waals surface area contributed by atoms with Crippen LogP contribution >= 0.6 is 0 Å². The summed E-state index contributed by atoms with van der Waals surface area (Å²) in [5.41, 5.74) is 2.37. The molecule has 210 valence electrons. The van der Waals surface area contributed by atoms with Crippen molar-refractivity contribution in [2.45, 2.75) is 44.6 Å². The van der Waals surface area contributed by atoms with E-state index in [0.717, 1.165) is 42.5 Å². The summed E-state index contributed by atoms with van der Waals surface area (Å²) in [6, 6.07) is 16.3. The van der Waals surface area contributed by atoms with Crippen LogP contribution in [0.4, 0.5) is 10.2 Å². The van der Waals surface area contributed by atoms with Gasteiger partial charge in [-0.15, -0.1) is 0 Å². The molecule has 8 nitrogen and oxygen atoms in total. The second-order valence-corrected chi connectivity index (χ2v) is 12.5. The number of carbonyl (C=O) groups excluding carboxylic acids is 1. The minimum atomic E-state index is -3.23. The lowest BCUT2D eigenvalue weighted by molar-refractivity contribution is 0.0889. The van der Waals surface area contributed by atoms with Crippen LogP contribution in [0.3, 0.4) is 0 Å². The van der Waals surface area contributed by atoms with Gasteiger partial charge in [-0.2, -0.15) is 0 Å². The molecule has 1 N–H and O–H groups in total. The Balaban J connectivity index is 1.33. The number of carbonyl (C=O) groups is 1.